The van der Waals surface area contributed by atoms with Gasteiger partial charge in [-0.25, -0.2) is 0 Å². The zero-order valence-electron chi connectivity index (χ0n) is 11.5. The van der Waals surface area contributed by atoms with Crippen LogP contribution < -0.4 is 5.32 Å². The molecule has 4 heteroatoms. The third-order valence-corrected chi connectivity index (χ3v) is 3.67. The molecule has 0 bridgehead atoms. The first-order valence-corrected chi connectivity index (χ1v) is 6.60. The molecule has 0 aliphatic heterocycles. The highest BCUT2D eigenvalue weighted by atomic mass is 16.3. The van der Waals surface area contributed by atoms with E-state index in [0.29, 0.717) is 0 Å². The molecule has 1 aliphatic rings. The minimum atomic E-state index is -0.555. The molecule has 0 spiro atoms. The summed E-state index contributed by atoms with van der Waals surface area (Å²) in [5, 5.41) is 13.2. The second kappa shape index (κ2) is 5.83. The summed E-state index contributed by atoms with van der Waals surface area (Å²) in [5.74, 6) is 0.0605. The molecule has 2 atom stereocenters. The summed E-state index contributed by atoms with van der Waals surface area (Å²) in [6.07, 6.45) is 3.52. The Morgan fingerprint density at radius 3 is 2.53 bits per heavy atom. The van der Waals surface area contributed by atoms with Crippen LogP contribution in [-0.4, -0.2) is 47.2 Å². The average molecular weight is 242 g/mol. The van der Waals surface area contributed by atoms with E-state index in [1.165, 1.54) is 0 Å². The monoisotopic (exact) mass is 242 g/mol. The molecule has 1 rings (SSSR count). The van der Waals surface area contributed by atoms with Gasteiger partial charge >= 0.3 is 0 Å². The Morgan fingerprint density at radius 2 is 2.00 bits per heavy atom. The van der Waals surface area contributed by atoms with Crippen molar-refractivity contribution >= 4 is 5.91 Å². The molecule has 1 fully saturated rings. The van der Waals surface area contributed by atoms with Crippen LogP contribution in [0, 0.1) is 0 Å². The second-order valence-corrected chi connectivity index (χ2v) is 5.49. The van der Waals surface area contributed by atoms with Gasteiger partial charge in [0.1, 0.15) is 0 Å². The van der Waals surface area contributed by atoms with Crippen LogP contribution in [-0.2, 0) is 4.79 Å². The highest BCUT2D eigenvalue weighted by Crippen LogP contribution is 2.24. The van der Waals surface area contributed by atoms with Gasteiger partial charge < -0.3 is 15.3 Å². The topological polar surface area (TPSA) is 52.6 Å². The summed E-state index contributed by atoms with van der Waals surface area (Å²) in [4.78, 5) is 14.1. The molecule has 1 amide bonds. The predicted octanol–water partition coefficient (Wildman–Crippen LogP) is 1.14. The molecule has 0 aromatic carbocycles. The van der Waals surface area contributed by atoms with Gasteiger partial charge in [0.05, 0.1) is 17.7 Å². The maximum atomic E-state index is 12.4. The number of aliphatic hydroxyl groups is 1. The quantitative estimate of drug-likeness (QED) is 0.777. The van der Waals surface area contributed by atoms with Crippen LogP contribution in [0.2, 0.25) is 0 Å². The van der Waals surface area contributed by atoms with E-state index in [1.54, 1.807) is 11.9 Å². The van der Waals surface area contributed by atoms with Crippen LogP contribution in [0.25, 0.3) is 0 Å². The van der Waals surface area contributed by atoms with E-state index in [4.69, 9.17) is 0 Å². The molecule has 1 aliphatic carbocycles. The van der Waals surface area contributed by atoms with Crippen LogP contribution >= 0.6 is 0 Å². The first-order valence-electron chi connectivity index (χ1n) is 6.60. The standard InChI is InChI=1S/C13H26N2O2/c1-5-14-13(2,3)12(17)15(4)10-8-6-7-9-11(10)16/h10-11,14,16H,5-9H2,1-4H3. The molecule has 0 aromatic rings. The SMILES string of the molecule is CCNC(C)(C)C(=O)N(C)C1CCCCC1O. The van der Waals surface area contributed by atoms with Crippen molar-refractivity contribution in [2.45, 2.75) is 64.1 Å². The fourth-order valence-corrected chi connectivity index (χ4v) is 2.65. The van der Waals surface area contributed by atoms with Crippen LogP contribution in [0.4, 0.5) is 0 Å². The Balaban J connectivity index is 2.67. The van der Waals surface area contributed by atoms with Crippen LogP contribution in [0.15, 0.2) is 0 Å². The zero-order valence-corrected chi connectivity index (χ0v) is 11.5. The molecule has 1 saturated carbocycles. The van der Waals surface area contributed by atoms with Crippen molar-refractivity contribution in [3.63, 3.8) is 0 Å². The highest BCUT2D eigenvalue weighted by molar-refractivity contribution is 5.85. The summed E-state index contributed by atoms with van der Waals surface area (Å²) < 4.78 is 0. The van der Waals surface area contributed by atoms with E-state index in [9.17, 15) is 9.90 Å². The lowest BCUT2D eigenvalue weighted by molar-refractivity contribution is -0.141. The molecule has 2 N–H and O–H groups in total. The van der Waals surface area contributed by atoms with E-state index in [-0.39, 0.29) is 18.1 Å². The Labute approximate surface area is 104 Å². The van der Waals surface area contributed by atoms with Crippen LogP contribution in [0.1, 0.15) is 46.5 Å². The number of likely N-dealkylation sites (N-methyl/N-ethyl adjacent to an activating group) is 2. The fraction of sp³-hybridized carbons (Fsp3) is 0.923. The van der Waals surface area contributed by atoms with E-state index < -0.39 is 5.54 Å². The molecular weight excluding hydrogens is 216 g/mol. The van der Waals surface area contributed by atoms with Crippen molar-refractivity contribution in [2.75, 3.05) is 13.6 Å². The number of carbonyl (C=O) groups excluding carboxylic acids is 1. The van der Waals surface area contributed by atoms with Gasteiger partial charge in [-0.2, -0.15) is 0 Å². The normalized spacial score (nSPS) is 25.7. The number of hydrogen-bond acceptors (Lipinski definition) is 3. The predicted molar refractivity (Wildman–Crippen MR) is 68.8 cm³/mol. The third kappa shape index (κ3) is 3.42. The van der Waals surface area contributed by atoms with Gasteiger partial charge in [-0.3, -0.25) is 4.79 Å². The van der Waals surface area contributed by atoms with Crippen molar-refractivity contribution in [3.05, 3.63) is 0 Å². The van der Waals surface area contributed by atoms with Gasteiger partial charge in [-0.05, 0) is 33.2 Å². The van der Waals surface area contributed by atoms with Gasteiger partial charge in [0, 0.05) is 7.05 Å². The zero-order chi connectivity index (χ0) is 13.1. The number of rotatable bonds is 4. The second-order valence-electron chi connectivity index (χ2n) is 5.49. The smallest absolute Gasteiger partial charge is 0.242 e. The van der Waals surface area contributed by atoms with Crippen molar-refractivity contribution in [1.29, 1.82) is 0 Å². The Bertz CT molecular complexity index is 266. The van der Waals surface area contributed by atoms with E-state index >= 15 is 0 Å². The van der Waals surface area contributed by atoms with Crippen molar-refractivity contribution < 1.29 is 9.90 Å². The number of amides is 1. The molecule has 0 heterocycles. The molecule has 100 valence electrons. The number of hydrogen-bond donors (Lipinski definition) is 2. The van der Waals surface area contributed by atoms with Crippen molar-refractivity contribution in [2.24, 2.45) is 0 Å². The minimum Gasteiger partial charge on any atom is -0.391 e. The largest absolute Gasteiger partial charge is 0.391 e. The van der Waals surface area contributed by atoms with Crippen molar-refractivity contribution in [3.8, 4) is 0 Å². The molecule has 2 unspecified atom stereocenters. The molecule has 4 nitrogen and oxygen atoms in total. The first-order chi connectivity index (χ1) is 7.90. The summed E-state index contributed by atoms with van der Waals surface area (Å²) in [6, 6.07) is -0.0193. The number of aliphatic hydroxyl groups excluding tert-OH is 1. The lowest BCUT2D eigenvalue weighted by atomic mass is 9.90. The lowest BCUT2D eigenvalue weighted by Crippen LogP contribution is -2.57. The van der Waals surface area contributed by atoms with Gasteiger partial charge in [-0.1, -0.05) is 19.8 Å². The maximum Gasteiger partial charge on any atom is 0.242 e. The third-order valence-electron chi connectivity index (χ3n) is 3.67. The highest BCUT2D eigenvalue weighted by Gasteiger charge is 2.36. The number of nitrogens with one attached hydrogen (secondary N) is 1. The maximum absolute atomic E-state index is 12.4. The fourth-order valence-electron chi connectivity index (χ4n) is 2.65. The molecule has 17 heavy (non-hydrogen) atoms. The molecule has 0 aromatic heterocycles. The van der Waals surface area contributed by atoms with Crippen LogP contribution in [0.3, 0.4) is 0 Å². The van der Waals surface area contributed by atoms with Gasteiger partial charge in [0.2, 0.25) is 5.91 Å². The lowest BCUT2D eigenvalue weighted by Gasteiger charge is -2.39. The van der Waals surface area contributed by atoms with Crippen molar-refractivity contribution in [1.82, 2.24) is 10.2 Å². The molecule has 0 saturated heterocycles. The number of carbonyl (C=O) groups is 1. The van der Waals surface area contributed by atoms with E-state index in [0.717, 1.165) is 32.2 Å². The Kier molecular flexibility index (Phi) is 4.95. The van der Waals surface area contributed by atoms with E-state index in [2.05, 4.69) is 5.32 Å². The molecule has 0 radical (unpaired) electrons. The van der Waals surface area contributed by atoms with Gasteiger partial charge in [0.15, 0.2) is 0 Å². The summed E-state index contributed by atoms with van der Waals surface area (Å²) in [5.41, 5.74) is -0.555. The van der Waals surface area contributed by atoms with Gasteiger partial charge in [0.25, 0.3) is 0 Å². The Morgan fingerprint density at radius 1 is 1.41 bits per heavy atom. The van der Waals surface area contributed by atoms with Gasteiger partial charge in [-0.15, -0.1) is 0 Å². The van der Waals surface area contributed by atoms with E-state index in [1.807, 2.05) is 20.8 Å². The average Bonchev–Trinajstić information content (AvgIpc) is 2.27. The van der Waals surface area contributed by atoms with Crippen LogP contribution in [0.5, 0.6) is 0 Å². The number of nitrogens with zero attached hydrogens (tertiary/aromatic N) is 1. The first kappa shape index (κ1) is 14.5. The summed E-state index contributed by atoms with van der Waals surface area (Å²) in [7, 11) is 1.81. The Hall–Kier alpha value is -0.610. The summed E-state index contributed by atoms with van der Waals surface area (Å²) in [6.45, 7) is 6.54. The minimum absolute atomic E-state index is 0.0193. The molecular formula is C13H26N2O2. The summed E-state index contributed by atoms with van der Waals surface area (Å²) >= 11 is 0.